The summed E-state index contributed by atoms with van der Waals surface area (Å²) in [6.07, 6.45) is 6.74. The largest absolute Gasteiger partial charge is 0.391 e. The Labute approximate surface area is 163 Å². The van der Waals surface area contributed by atoms with E-state index in [0.29, 0.717) is 12.1 Å². The summed E-state index contributed by atoms with van der Waals surface area (Å²) in [6, 6.07) is 7.50. The lowest BCUT2D eigenvalue weighted by molar-refractivity contribution is 0.0717. The molecule has 3 aromatic rings. The minimum Gasteiger partial charge on any atom is -0.391 e. The van der Waals surface area contributed by atoms with Crippen molar-refractivity contribution in [3.8, 4) is 0 Å². The molecule has 1 fully saturated rings. The van der Waals surface area contributed by atoms with Crippen LogP contribution in [0.1, 0.15) is 47.2 Å². The van der Waals surface area contributed by atoms with Crippen LogP contribution in [0.3, 0.4) is 0 Å². The van der Waals surface area contributed by atoms with Crippen molar-refractivity contribution in [2.75, 3.05) is 5.32 Å². The predicted molar refractivity (Wildman–Crippen MR) is 108 cm³/mol. The maximum absolute atomic E-state index is 12.6. The topological polar surface area (TPSA) is 103 Å². The number of carbonyl (C=O) groups excluding carboxylic acids is 1. The third-order valence-corrected chi connectivity index (χ3v) is 5.38. The van der Waals surface area contributed by atoms with E-state index in [1.807, 2.05) is 37.4 Å². The number of hydrogen-bond donors (Lipinski definition) is 4. The highest BCUT2D eigenvalue weighted by atomic mass is 16.3. The van der Waals surface area contributed by atoms with Crippen molar-refractivity contribution in [1.29, 1.82) is 0 Å². The Bertz CT molecular complexity index is 984. The van der Waals surface area contributed by atoms with Crippen LogP contribution < -0.4 is 10.6 Å². The van der Waals surface area contributed by atoms with E-state index < -0.39 is 6.10 Å². The van der Waals surface area contributed by atoms with Gasteiger partial charge in [-0.15, -0.1) is 0 Å². The third kappa shape index (κ3) is 3.99. The van der Waals surface area contributed by atoms with Gasteiger partial charge in [0.2, 0.25) is 0 Å². The number of rotatable bonds is 5. The number of hydrogen-bond acceptors (Lipinski definition) is 5. The van der Waals surface area contributed by atoms with Gasteiger partial charge in [0.25, 0.3) is 5.91 Å². The van der Waals surface area contributed by atoms with Crippen molar-refractivity contribution in [3.05, 3.63) is 53.3 Å². The maximum atomic E-state index is 12.6. The van der Waals surface area contributed by atoms with E-state index in [2.05, 4.69) is 25.8 Å². The van der Waals surface area contributed by atoms with Gasteiger partial charge >= 0.3 is 0 Å². The number of aliphatic hydroxyl groups is 1. The van der Waals surface area contributed by atoms with Crippen LogP contribution in [0, 0.1) is 6.92 Å². The molecule has 0 radical (unpaired) electrons. The number of fused-ring (bicyclic) bond motifs is 1. The Morgan fingerprint density at radius 3 is 2.96 bits per heavy atom. The summed E-state index contributed by atoms with van der Waals surface area (Å²) in [6.45, 7) is 2.60. The number of aromatic nitrogens is 3. The molecule has 4 N–H and O–H groups in total. The lowest BCUT2D eigenvalue weighted by atomic mass is 9.92. The molecule has 28 heavy (non-hydrogen) atoms. The van der Waals surface area contributed by atoms with E-state index in [1.54, 1.807) is 6.20 Å². The van der Waals surface area contributed by atoms with E-state index in [4.69, 9.17) is 0 Å². The molecule has 4 rings (SSSR count). The highest BCUT2D eigenvalue weighted by molar-refractivity contribution is 5.95. The van der Waals surface area contributed by atoms with Crippen molar-refractivity contribution in [2.45, 2.75) is 51.3 Å². The number of amides is 1. The Hall–Kier alpha value is -2.93. The quantitative estimate of drug-likeness (QED) is 0.546. The van der Waals surface area contributed by atoms with Gasteiger partial charge in [0.1, 0.15) is 0 Å². The standard InChI is InChI=1S/C21H25N5O2/c1-13-6-7-15(21(28)25-17-4-2-3-5-19(17)27)9-18(13)22-10-14-8-16-12-24-26-20(16)23-11-14/h6-9,11-12,17,19,22,27H,2-5,10H2,1H3,(H,25,28)(H,23,24,26)/t17-,19-/m0/s1. The average molecular weight is 379 g/mol. The zero-order valence-corrected chi connectivity index (χ0v) is 15.9. The second-order valence-electron chi connectivity index (χ2n) is 7.47. The van der Waals surface area contributed by atoms with Crippen LogP contribution in [0.5, 0.6) is 0 Å². The molecule has 0 aliphatic heterocycles. The van der Waals surface area contributed by atoms with Crippen LogP contribution in [-0.2, 0) is 6.54 Å². The Balaban J connectivity index is 1.44. The highest BCUT2D eigenvalue weighted by Crippen LogP contribution is 2.21. The van der Waals surface area contributed by atoms with E-state index in [0.717, 1.165) is 53.5 Å². The first-order chi connectivity index (χ1) is 13.6. The minimum atomic E-state index is -0.453. The van der Waals surface area contributed by atoms with Gasteiger partial charge < -0.3 is 15.7 Å². The van der Waals surface area contributed by atoms with E-state index in [1.165, 1.54) is 0 Å². The molecule has 2 aromatic heterocycles. The summed E-state index contributed by atoms with van der Waals surface area (Å²) in [5.41, 5.74) is 4.36. The summed E-state index contributed by atoms with van der Waals surface area (Å²) < 4.78 is 0. The van der Waals surface area contributed by atoms with Crippen molar-refractivity contribution in [3.63, 3.8) is 0 Å². The monoisotopic (exact) mass is 379 g/mol. The first-order valence-corrected chi connectivity index (χ1v) is 9.71. The number of H-pyrrole nitrogens is 1. The number of aromatic amines is 1. The molecular weight excluding hydrogens is 354 g/mol. The van der Waals surface area contributed by atoms with Gasteiger partial charge in [-0.3, -0.25) is 9.89 Å². The molecule has 0 spiro atoms. The van der Waals surface area contributed by atoms with E-state index >= 15 is 0 Å². The average Bonchev–Trinajstić information content (AvgIpc) is 3.17. The second-order valence-corrected chi connectivity index (χ2v) is 7.47. The number of nitrogens with one attached hydrogen (secondary N) is 3. The van der Waals surface area contributed by atoms with Crippen LogP contribution in [0.15, 0.2) is 36.7 Å². The zero-order valence-electron chi connectivity index (χ0n) is 15.9. The first-order valence-electron chi connectivity index (χ1n) is 9.71. The molecule has 7 heteroatoms. The van der Waals surface area contributed by atoms with Crippen LogP contribution >= 0.6 is 0 Å². The number of nitrogens with zero attached hydrogens (tertiary/aromatic N) is 2. The number of benzene rings is 1. The van der Waals surface area contributed by atoms with Gasteiger partial charge in [0, 0.05) is 29.4 Å². The number of aryl methyl sites for hydroxylation is 1. The number of aliphatic hydroxyl groups excluding tert-OH is 1. The Morgan fingerprint density at radius 2 is 2.11 bits per heavy atom. The highest BCUT2D eigenvalue weighted by Gasteiger charge is 2.25. The fourth-order valence-corrected chi connectivity index (χ4v) is 3.66. The van der Waals surface area contributed by atoms with Crippen LogP contribution in [-0.4, -0.2) is 38.3 Å². The molecule has 1 saturated carbocycles. The molecule has 1 aliphatic rings. The van der Waals surface area contributed by atoms with Crippen LogP contribution in [0.2, 0.25) is 0 Å². The first kappa shape index (κ1) is 18.4. The molecule has 0 unspecified atom stereocenters. The molecule has 0 saturated heterocycles. The van der Waals surface area contributed by atoms with E-state index in [9.17, 15) is 9.90 Å². The van der Waals surface area contributed by atoms with Gasteiger partial charge in [-0.2, -0.15) is 5.10 Å². The summed E-state index contributed by atoms with van der Waals surface area (Å²) in [4.78, 5) is 17.0. The Kier molecular flexibility index (Phi) is 5.25. The molecule has 1 aromatic carbocycles. The van der Waals surface area contributed by atoms with Crippen molar-refractivity contribution in [2.24, 2.45) is 0 Å². The maximum Gasteiger partial charge on any atom is 0.251 e. The fourth-order valence-electron chi connectivity index (χ4n) is 3.66. The third-order valence-electron chi connectivity index (χ3n) is 5.38. The van der Waals surface area contributed by atoms with Crippen LogP contribution in [0.4, 0.5) is 5.69 Å². The summed E-state index contributed by atoms with van der Waals surface area (Å²) >= 11 is 0. The molecule has 0 bridgehead atoms. The summed E-state index contributed by atoms with van der Waals surface area (Å²) in [7, 11) is 0. The molecule has 1 aliphatic carbocycles. The number of anilines is 1. The molecule has 2 heterocycles. The van der Waals surface area contributed by atoms with Gasteiger partial charge in [-0.1, -0.05) is 18.9 Å². The lowest BCUT2D eigenvalue weighted by Crippen LogP contribution is -2.45. The van der Waals surface area contributed by atoms with E-state index in [-0.39, 0.29) is 11.9 Å². The predicted octanol–water partition coefficient (Wildman–Crippen LogP) is 2.91. The van der Waals surface area contributed by atoms with Gasteiger partial charge in [0.15, 0.2) is 5.65 Å². The zero-order chi connectivity index (χ0) is 19.5. The van der Waals surface area contributed by atoms with Crippen LogP contribution in [0.25, 0.3) is 11.0 Å². The lowest BCUT2D eigenvalue weighted by Gasteiger charge is -2.28. The van der Waals surface area contributed by atoms with Gasteiger partial charge in [-0.25, -0.2) is 4.98 Å². The summed E-state index contributed by atoms with van der Waals surface area (Å²) in [5.74, 6) is -0.143. The smallest absolute Gasteiger partial charge is 0.251 e. The number of carbonyl (C=O) groups is 1. The van der Waals surface area contributed by atoms with Crippen molar-refractivity contribution < 1.29 is 9.90 Å². The molecule has 146 valence electrons. The fraction of sp³-hybridized carbons (Fsp3) is 0.381. The van der Waals surface area contributed by atoms with Crippen molar-refractivity contribution >= 4 is 22.6 Å². The molecule has 1 amide bonds. The SMILES string of the molecule is Cc1ccc(C(=O)N[C@H]2CCCC[C@@H]2O)cc1NCc1cnc2[nH]ncc2c1. The number of pyridine rings is 1. The molecule has 2 atom stereocenters. The molecule has 7 nitrogen and oxygen atoms in total. The summed E-state index contributed by atoms with van der Waals surface area (Å²) in [5, 5.41) is 24.3. The van der Waals surface area contributed by atoms with Crippen molar-refractivity contribution in [1.82, 2.24) is 20.5 Å². The molecular formula is C21H25N5O2. The normalized spacial score (nSPS) is 19.5. The minimum absolute atomic E-state index is 0.143. The Morgan fingerprint density at radius 1 is 1.25 bits per heavy atom. The van der Waals surface area contributed by atoms with Gasteiger partial charge in [0.05, 0.1) is 18.3 Å². The second kappa shape index (κ2) is 7.98. The van der Waals surface area contributed by atoms with Gasteiger partial charge in [-0.05, 0) is 49.1 Å².